The zero-order valence-corrected chi connectivity index (χ0v) is 15.0. The quantitative estimate of drug-likeness (QED) is 0.844. The Morgan fingerprint density at radius 1 is 1.46 bits per heavy atom. The van der Waals surface area contributed by atoms with Gasteiger partial charge in [-0.1, -0.05) is 0 Å². The van der Waals surface area contributed by atoms with Crippen LogP contribution < -0.4 is 14.9 Å². The molecule has 0 saturated carbocycles. The van der Waals surface area contributed by atoms with Gasteiger partial charge in [0.2, 0.25) is 0 Å². The van der Waals surface area contributed by atoms with Crippen LogP contribution in [0.4, 0.5) is 15.9 Å². The van der Waals surface area contributed by atoms with Crippen molar-refractivity contribution in [3.05, 3.63) is 35.0 Å². The summed E-state index contributed by atoms with van der Waals surface area (Å²) in [6.07, 6.45) is 0.975. The van der Waals surface area contributed by atoms with Crippen molar-refractivity contribution >= 4 is 33.1 Å². The third-order valence-electron chi connectivity index (χ3n) is 4.18. The molecule has 1 aromatic carbocycles. The molecule has 24 heavy (non-hydrogen) atoms. The second-order valence-corrected chi connectivity index (χ2v) is 8.13. The summed E-state index contributed by atoms with van der Waals surface area (Å²) in [4.78, 5) is 1.64. The van der Waals surface area contributed by atoms with E-state index in [1.165, 1.54) is 18.2 Å². The molecule has 1 fully saturated rings. The van der Waals surface area contributed by atoms with E-state index in [2.05, 4.69) is 14.4 Å². The molecule has 0 bridgehead atoms. The Hall–Kier alpha value is -1.71. The van der Waals surface area contributed by atoms with Gasteiger partial charge in [0.1, 0.15) is 10.7 Å². The van der Waals surface area contributed by atoms with Crippen LogP contribution in [0.3, 0.4) is 0 Å². The molecular formula is C15H19FN4O2S2. The maximum Gasteiger partial charge on any atom is 0.266 e. The Morgan fingerprint density at radius 2 is 2.25 bits per heavy atom. The number of hydrogen-bond donors (Lipinski definition) is 2. The number of sulfonamides is 1. The third kappa shape index (κ3) is 3.38. The van der Waals surface area contributed by atoms with Gasteiger partial charge in [0.25, 0.3) is 10.0 Å². The first-order chi connectivity index (χ1) is 11.4. The minimum absolute atomic E-state index is 0.190. The van der Waals surface area contributed by atoms with Crippen LogP contribution in [0.15, 0.2) is 28.5 Å². The molecule has 1 aliphatic heterocycles. The summed E-state index contributed by atoms with van der Waals surface area (Å²) in [6, 6.07) is 4.47. The standard InChI is InChI=1S/C15H19FN4O2S2/c1-10-7-14(24(21,22)19-15-4-6-23-18-15)12(16)8-13(10)20(2)11-3-5-17-9-11/h4,6-8,11,17H,3,5,9H2,1-2H3,(H,18,19). The second-order valence-electron chi connectivity index (χ2n) is 5.82. The average molecular weight is 370 g/mol. The molecule has 3 rings (SSSR count). The fourth-order valence-corrected chi connectivity index (χ4v) is 4.53. The van der Waals surface area contributed by atoms with Crippen LogP contribution in [0.1, 0.15) is 12.0 Å². The highest BCUT2D eigenvalue weighted by Gasteiger charge is 2.25. The fourth-order valence-electron chi connectivity index (χ4n) is 2.85. The molecule has 9 heteroatoms. The van der Waals surface area contributed by atoms with E-state index in [0.717, 1.165) is 31.0 Å². The van der Waals surface area contributed by atoms with E-state index in [-0.39, 0.29) is 16.8 Å². The monoisotopic (exact) mass is 370 g/mol. The lowest BCUT2D eigenvalue weighted by Crippen LogP contribution is -2.34. The van der Waals surface area contributed by atoms with Crippen molar-refractivity contribution < 1.29 is 12.8 Å². The number of nitrogens with zero attached hydrogens (tertiary/aromatic N) is 2. The summed E-state index contributed by atoms with van der Waals surface area (Å²) in [5, 5.41) is 4.92. The average Bonchev–Trinajstić information content (AvgIpc) is 3.21. The van der Waals surface area contributed by atoms with E-state index in [1.807, 2.05) is 11.9 Å². The predicted octanol–water partition coefficient (Wildman–Crippen LogP) is 2.19. The smallest absolute Gasteiger partial charge is 0.266 e. The summed E-state index contributed by atoms with van der Waals surface area (Å²) in [7, 11) is -2.11. The summed E-state index contributed by atoms with van der Waals surface area (Å²) in [5.74, 6) is -0.577. The summed E-state index contributed by atoms with van der Waals surface area (Å²) >= 11 is 1.12. The molecule has 0 spiro atoms. The van der Waals surface area contributed by atoms with E-state index in [1.54, 1.807) is 12.3 Å². The number of anilines is 2. The third-order valence-corrected chi connectivity index (χ3v) is 6.11. The first kappa shape index (κ1) is 17.1. The van der Waals surface area contributed by atoms with Gasteiger partial charge in [-0.3, -0.25) is 4.72 Å². The lowest BCUT2D eigenvalue weighted by molar-refractivity contribution is 0.568. The summed E-state index contributed by atoms with van der Waals surface area (Å²) in [6.45, 7) is 3.55. The van der Waals surface area contributed by atoms with Crippen LogP contribution in [0.2, 0.25) is 0 Å². The van der Waals surface area contributed by atoms with Gasteiger partial charge >= 0.3 is 0 Å². The SMILES string of the molecule is Cc1cc(S(=O)(=O)Nc2ccsn2)c(F)cc1N(C)C1CCNC1. The molecule has 1 saturated heterocycles. The van der Waals surface area contributed by atoms with Crippen LogP contribution in [-0.2, 0) is 10.0 Å². The lowest BCUT2D eigenvalue weighted by Gasteiger charge is -2.28. The minimum Gasteiger partial charge on any atom is -0.370 e. The van der Waals surface area contributed by atoms with Gasteiger partial charge in [-0.05, 0) is 55.2 Å². The van der Waals surface area contributed by atoms with E-state index in [9.17, 15) is 12.8 Å². The minimum atomic E-state index is -4.01. The van der Waals surface area contributed by atoms with Crippen molar-refractivity contribution in [2.24, 2.45) is 0 Å². The highest BCUT2D eigenvalue weighted by atomic mass is 32.2. The Balaban J connectivity index is 1.92. The number of benzene rings is 1. The fraction of sp³-hybridized carbons (Fsp3) is 0.400. The maximum absolute atomic E-state index is 14.5. The van der Waals surface area contributed by atoms with E-state index < -0.39 is 15.8 Å². The molecule has 6 nitrogen and oxygen atoms in total. The molecule has 0 radical (unpaired) electrons. The zero-order valence-electron chi connectivity index (χ0n) is 13.4. The highest BCUT2D eigenvalue weighted by Crippen LogP contribution is 2.29. The molecule has 1 atom stereocenters. The maximum atomic E-state index is 14.5. The molecule has 1 aromatic heterocycles. The zero-order chi connectivity index (χ0) is 17.3. The van der Waals surface area contributed by atoms with Crippen molar-refractivity contribution in [2.75, 3.05) is 29.8 Å². The van der Waals surface area contributed by atoms with E-state index in [0.29, 0.717) is 11.3 Å². The molecule has 1 unspecified atom stereocenters. The summed E-state index contributed by atoms with van der Waals surface area (Å²) < 4.78 is 45.5. The lowest BCUT2D eigenvalue weighted by atomic mass is 10.1. The Morgan fingerprint density at radius 3 is 2.88 bits per heavy atom. The van der Waals surface area contributed by atoms with Gasteiger partial charge in [0, 0.05) is 30.7 Å². The number of aromatic nitrogens is 1. The molecule has 0 amide bonds. The van der Waals surface area contributed by atoms with Crippen LogP contribution in [0.5, 0.6) is 0 Å². The largest absolute Gasteiger partial charge is 0.370 e. The van der Waals surface area contributed by atoms with Gasteiger partial charge in [-0.15, -0.1) is 0 Å². The van der Waals surface area contributed by atoms with E-state index >= 15 is 0 Å². The second kappa shape index (κ2) is 6.66. The number of rotatable bonds is 5. The van der Waals surface area contributed by atoms with Gasteiger partial charge in [-0.25, -0.2) is 12.8 Å². The Labute approximate surface area is 144 Å². The van der Waals surface area contributed by atoms with Crippen LogP contribution in [0.25, 0.3) is 0 Å². The van der Waals surface area contributed by atoms with Crippen LogP contribution >= 0.6 is 11.5 Å². The topological polar surface area (TPSA) is 74.3 Å². The normalized spacial score (nSPS) is 17.9. The van der Waals surface area contributed by atoms with Gasteiger partial charge in [-0.2, -0.15) is 4.37 Å². The van der Waals surface area contributed by atoms with Crippen molar-refractivity contribution in [1.82, 2.24) is 9.69 Å². The Kier molecular flexibility index (Phi) is 4.75. The molecule has 130 valence electrons. The van der Waals surface area contributed by atoms with Crippen molar-refractivity contribution in [3.8, 4) is 0 Å². The molecule has 2 N–H and O–H groups in total. The first-order valence-corrected chi connectivity index (χ1v) is 9.87. The number of aryl methyl sites for hydroxylation is 1. The predicted molar refractivity (Wildman–Crippen MR) is 93.7 cm³/mol. The van der Waals surface area contributed by atoms with Gasteiger partial charge in [0.05, 0.1) is 0 Å². The number of hydrogen-bond acceptors (Lipinski definition) is 6. The first-order valence-electron chi connectivity index (χ1n) is 7.55. The van der Waals surface area contributed by atoms with E-state index in [4.69, 9.17) is 0 Å². The number of likely N-dealkylation sites (N-methyl/N-ethyl adjacent to an activating group) is 1. The Bertz CT molecular complexity index is 818. The van der Waals surface area contributed by atoms with Crippen molar-refractivity contribution in [3.63, 3.8) is 0 Å². The molecule has 0 aliphatic carbocycles. The summed E-state index contributed by atoms with van der Waals surface area (Å²) in [5.41, 5.74) is 1.42. The molecule has 2 heterocycles. The highest BCUT2D eigenvalue weighted by molar-refractivity contribution is 7.92. The van der Waals surface area contributed by atoms with Gasteiger partial charge < -0.3 is 10.2 Å². The van der Waals surface area contributed by atoms with Crippen LogP contribution in [0, 0.1) is 12.7 Å². The molecule has 2 aromatic rings. The molecular weight excluding hydrogens is 351 g/mol. The van der Waals surface area contributed by atoms with Crippen LogP contribution in [-0.4, -0.2) is 39.0 Å². The molecule has 1 aliphatic rings. The van der Waals surface area contributed by atoms with Gasteiger partial charge in [0.15, 0.2) is 5.82 Å². The number of nitrogens with one attached hydrogen (secondary N) is 2. The number of halogens is 1. The van der Waals surface area contributed by atoms with Crippen molar-refractivity contribution in [2.45, 2.75) is 24.3 Å². The van der Waals surface area contributed by atoms with Crippen molar-refractivity contribution in [1.29, 1.82) is 0 Å².